The number of rotatable bonds is 3. The molecule has 0 aliphatic heterocycles. The lowest BCUT2D eigenvalue weighted by atomic mass is 10.1. The molecule has 4 aromatic rings. The summed E-state index contributed by atoms with van der Waals surface area (Å²) in [6.07, 6.45) is 3.06. The zero-order valence-corrected chi connectivity index (χ0v) is 14.1. The van der Waals surface area contributed by atoms with Crippen LogP contribution in [-0.4, -0.2) is 24.9 Å². The molecule has 0 aliphatic rings. The maximum Gasteiger partial charge on any atom is 0.182 e. The number of fused-ring (bicyclic) bond motifs is 2. The Hall–Kier alpha value is -2.44. The third-order valence-electron chi connectivity index (χ3n) is 3.80. The van der Waals surface area contributed by atoms with Gasteiger partial charge in [0.15, 0.2) is 11.5 Å². The molecule has 1 aromatic carbocycles. The van der Waals surface area contributed by atoms with E-state index in [1.165, 1.54) is 6.33 Å². The Labute approximate surface area is 147 Å². The number of hydrogen-bond donors (Lipinski definition) is 2. The van der Waals surface area contributed by atoms with Crippen LogP contribution in [0.2, 0.25) is 10.2 Å². The summed E-state index contributed by atoms with van der Waals surface area (Å²) in [4.78, 5) is 20.0. The maximum absolute atomic E-state index is 6.33. The monoisotopic (exact) mass is 358 g/mol. The first-order valence-corrected chi connectivity index (χ1v) is 8.04. The highest BCUT2D eigenvalue weighted by atomic mass is 35.5. The van der Waals surface area contributed by atoms with Crippen LogP contribution in [0.25, 0.3) is 21.9 Å². The van der Waals surface area contributed by atoms with Crippen molar-refractivity contribution >= 4 is 51.0 Å². The van der Waals surface area contributed by atoms with Gasteiger partial charge in [-0.2, -0.15) is 0 Å². The predicted octanol–water partition coefficient (Wildman–Crippen LogP) is 4.38. The van der Waals surface area contributed by atoms with Gasteiger partial charge in [0.25, 0.3) is 0 Å². The van der Waals surface area contributed by atoms with Crippen molar-refractivity contribution < 1.29 is 0 Å². The summed E-state index contributed by atoms with van der Waals surface area (Å²) in [6, 6.07) is 7.50. The molecule has 2 N–H and O–H groups in total. The van der Waals surface area contributed by atoms with Crippen LogP contribution in [0.3, 0.4) is 0 Å². The van der Waals surface area contributed by atoms with Crippen molar-refractivity contribution in [1.82, 2.24) is 24.9 Å². The van der Waals surface area contributed by atoms with Crippen LogP contribution in [0.15, 0.2) is 36.9 Å². The number of nitrogens with zero attached hydrogens (tertiary/aromatic N) is 4. The van der Waals surface area contributed by atoms with Crippen molar-refractivity contribution in [3.05, 3.63) is 52.8 Å². The minimum absolute atomic E-state index is 0.118. The third kappa shape index (κ3) is 2.53. The van der Waals surface area contributed by atoms with E-state index in [2.05, 4.69) is 30.2 Å². The highest BCUT2D eigenvalue weighted by Gasteiger charge is 2.15. The predicted molar refractivity (Wildman–Crippen MR) is 95.5 cm³/mol. The molecule has 1 atom stereocenters. The van der Waals surface area contributed by atoms with Gasteiger partial charge in [0.2, 0.25) is 0 Å². The van der Waals surface area contributed by atoms with Gasteiger partial charge in [-0.25, -0.2) is 19.9 Å². The molecule has 0 saturated heterocycles. The SMILES string of the molecule is CC(Nc1ncnc2nc[nH]c12)c1cc2cccc(Cl)c2c(Cl)n1. The minimum Gasteiger partial charge on any atom is -0.360 e. The zero-order valence-electron chi connectivity index (χ0n) is 12.6. The Morgan fingerprint density at radius 1 is 1.17 bits per heavy atom. The molecule has 3 heterocycles. The summed E-state index contributed by atoms with van der Waals surface area (Å²) in [5, 5.41) is 6.00. The Morgan fingerprint density at radius 3 is 2.92 bits per heavy atom. The van der Waals surface area contributed by atoms with E-state index < -0.39 is 0 Å². The van der Waals surface area contributed by atoms with Gasteiger partial charge in [-0.15, -0.1) is 0 Å². The van der Waals surface area contributed by atoms with Crippen molar-refractivity contribution in [1.29, 1.82) is 0 Å². The average molecular weight is 359 g/mol. The normalized spacial score (nSPS) is 12.6. The van der Waals surface area contributed by atoms with Crippen LogP contribution in [-0.2, 0) is 0 Å². The number of pyridine rings is 1. The van der Waals surface area contributed by atoms with Crippen LogP contribution in [0.4, 0.5) is 5.82 Å². The van der Waals surface area contributed by atoms with Gasteiger partial charge in [0.05, 0.1) is 23.1 Å². The highest BCUT2D eigenvalue weighted by Crippen LogP contribution is 2.31. The molecule has 0 amide bonds. The standard InChI is InChI=1S/C16H12Cl2N6/c1-8(23-16-13-15(20-6-19-13)21-7-22-16)11-5-9-3-2-4-10(17)12(9)14(18)24-11/h2-8H,1H3,(H2,19,20,21,22,23). The molecule has 24 heavy (non-hydrogen) atoms. The molecule has 120 valence electrons. The maximum atomic E-state index is 6.33. The van der Waals surface area contributed by atoms with E-state index in [1.807, 2.05) is 25.1 Å². The number of hydrogen-bond acceptors (Lipinski definition) is 5. The molecule has 0 radical (unpaired) electrons. The van der Waals surface area contributed by atoms with Crippen molar-refractivity contribution in [2.45, 2.75) is 13.0 Å². The Bertz CT molecular complexity index is 1050. The highest BCUT2D eigenvalue weighted by molar-refractivity contribution is 6.41. The van der Waals surface area contributed by atoms with Crippen molar-refractivity contribution in [2.24, 2.45) is 0 Å². The second kappa shape index (κ2) is 5.89. The molecular formula is C16H12Cl2N6. The molecule has 0 fully saturated rings. The number of benzene rings is 1. The molecule has 0 saturated carbocycles. The quantitative estimate of drug-likeness (QED) is 0.531. The molecule has 4 rings (SSSR count). The summed E-state index contributed by atoms with van der Waals surface area (Å²) >= 11 is 12.5. The topological polar surface area (TPSA) is 79.4 Å². The molecule has 0 spiro atoms. The molecule has 0 bridgehead atoms. The molecule has 3 aromatic heterocycles. The van der Waals surface area contributed by atoms with Gasteiger partial charge in [-0.1, -0.05) is 35.3 Å². The smallest absolute Gasteiger partial charge is 0.182 e. The lowest BCUT2D eigenvalue weighted by molar-refractivity contribution is 0.836. The number of H-pyrrole nitrogens is 1. The van der Waals surface area contributed by atoms with Crippen LogP contribution < -0.4 is 5.32 Å². The van der Waals surface area contributed by atoms with E-state index in [9.17, 15) is 0 Å². The van der Waals surface area contributed by atoms with E-state index >= 15 is 0 Å². The fourth-order valence-corrected chi connectivity index (χ4v) is 3.24. The zero-order chi connectivity index (χ0) is 16.7. The first-order valence-electron chi connectivity index (χ1n) is 7.29. The van der Waals surface area contributed by atoms with E-state index in [1.54, 1.807) is 12.4 Å². The van der Waals surface area contributed by atoms with Gasteiger partial charge in [-0.3, -0.25) is 0 Å². The molecule has 0 aliphatic carbocycles. The fraction of sp³-hybridized carbons (Fsp3) is 0.125. The van der Waals surface area contributed by atoms with E-state index in [0.29, 0.717) is 21.6 Å². The number of aromatic nitrogens is 5. The second-order valence-corrected chi connectivity index (χ2v) is 6.13. The van der Waals surface area contributed by atoms with E-state index in [0.717, 1.165) is 22.0 Å². The van der Waals surface area contributed by atoms with Crippen LogP contribution in [0.1, 0.15) is 18.7 Å². The van der Waals surface area contributed by atoms with Crippen molar-refractivity contribution in [3.8, 4) is 0 Å². The molecular weight excluding hydrogens is 347 g/mol. The average Bonchev–Trinajstić information content (AvgIpc) is 3.04. The van der Waals surface area contributed by atoms with Crippen molar-refractivity contribution in [2.75, 3.05) is 5.32 Å². The third-order valence-corrected chi connectivity index (χ3v) is 4.39. The number of halogens is 2. The van der Waals surface area contributed by atoms with Crippen molar-refractivity contribution in [3.63, 3.8) is 0 Å². The molecule has 1 unspecified atom stereocenters. The van der Waals surface area contributed by atoms with Gasteiger partial charge in [0.1, 0.15) is 17.0 Å². The first-order chi connectivity index (χ1) is 11.6. The molecule has 6 nitrogen and oxygen atoms in total. The number of nitrogens with one attached hydrogen (secondary N) is 2. The number of anilines is 1. The van der Waals surface area contributed by atoms with Crippen LogP contribution >= 0.6 is 23.2 Å². The van der Waals surface area contributed by atoms with Gasteiger partial charge in [0, 0.05) is 5.39 Å². The summed E-state index contributed by atoms with van der Waals surface area (Å²) < 4.78 is 0. The number of imidazole rings is 1. The summed E-state index contributed by atoms with van der Waals surface area (Å²) in [7, 11) is 0. The summed E-state index contributed by atoms with van der Waals surface area (Å²) in [6.45, 7) is 1.99. The summed E-state index contributed by atoms with van der Waals surface area (Å²) in [5.74, 6) is 0.661. The first kappa shape index (κ1) is 15.1. The molecule has 8 heteroatoms. The van der Waals surface area contributed by atoms with Crippen LogP contribution in [0.5, 0.6) is 0 Å². The second-order valence-electron chi connectivity index (χ2n) is 5.37. The Kier molecular flexibility index (Phi) is 3.70. The minimum atomic E-state index is -0.118. The van der Waals surface area contributed by atoms with Gasteiger partial charge < -0.3 is 10.3 Å². The Balaban J connectivity index is 1.73. The largest absolute Gasteiger partial charge is 0.360 e. The lowest BCUT2D eigenvalue weighted by Crippen LogP contribution is -2.10. The number of aromatic amines is 1. The summed E-state index contributed by atoms with van der Waals surface area (Å²) in [5.41, 5.74) is 2.15. The van der Waals surface area contributed by atoms with Gasteiger partial charge in [-0.05, 0) is 24.4 Å². The van der Waals surface area contributed by atoms with Crippen LogP contribution in [0, 0.1) is 0 Å². The van der Waals surface area contributed by atoms with E-state index in [4.69, 9.17) is 23.2 Å². The fourth-order valence-electron chi connectivity index (χ4n) is 2.61. The van der Waals surface area contributed by atoms with Gasteiger partial charge >= 0.3 is 0 Å². The lowest BCUT2D eigenvalue weighted by Gasteiger charge is -2.15. The Morgan fingerprint density at radius 2 is 2.04 bits per heavy atom. The van der Waals surface area contributed by atoms with E-state index in [-0.39, 0.29) is 6.04 Å².